The Kier molecular flexibility index (Phi) is 25.5. The number of aromatic hydroxyl groups is 3. The van der Waals surface area contributed by atoms with Crippen molar-refractivity contribution < 1.29 is 91.7 Å². The lowest BCUT2D eigenvalue weighted by Crippen LogP contribution is -2.32. The summed E-state index contributed by atoms with van der Waals surface area (Å²) in [5.74, 6) is -2.77. The second-order valence-electron chi connectivity index (χ2n) is 23.9. The Morgan fingerprint density at radius 2 is 1.00 bits per heavy atom. The van der Waals surface area contributed by atoms with Gasteiger partial charge in [0.25, 0.3) is 23.6 Å². The fourth-order valence-electron chi connectivity index (χ4n) is 11.4. The van der Waals surface area contributed by atoms with Gasteiger partial charge in [0, 0.05) is 99.2 Å². The summed E-state index contributed by atoms with van der Waals surface area (Å²) in [6.07, 6.45) is 6.45. The van der Waals surface area contributed by atoms with Crippen LogP contribution in [0.1, 0.15) is 138 Å². The van der Waals surface area contributed by atoms with E-state index in [9.17, 15) is 68.0 Å². The summed E-state index contributed by atoms with van der Waals surface area (Å²) in [4.78, 5) is 142. The SMILES string of the molecule is CCCCc1nc2c(N)nc3ccc(CCOCCNC(=O)CCCC(=O)ON4C(=O)CCC4=O)cc3c2n1Cc1cc(O)ccc1O.CCCCc1nc2c(N)nc3ccc(CCOCCNC(=O)CCCC(=O)ON4C(=O)CCC4=O)cc3c2n1Cc1cccc(O)c1OP(=O)(O)O. The Labute approximate surface area is 573 Å². The number of phosphoric ester groups is 1. The van der Waals surface area contributed by atoms with E-state index in [0.29, 0.717) is 113 Å². The minimum absolute atomic E-state index is 0.00886. The van der Waals surface area contributed by atoms with Crippen LogP contribution in [0.2, 0.25) is 0 Å². The number of hydrogen-bond acceptors (Lipinski definition) is 23. The van der Waals surface area contributed by atoms with Crippen molar-refractivity contribution in [2.24, 2.45) is 0 Å². The van der Waals surface area contributed by atoms with Gasteiger partial charge in [0.15, 0.2) is 23.1 Å². The molecule has 2 aliphatic heterocycles. The summed E-state index contributed by atoms with van der Waals surface area (Å²) >= 11 is 0. The van der Waals surface area contributed by atoms with Crippen LogP contribution in [0.5, 0.6) is 23.0 Å². The van der Waals surface area contributed by atoms with Crippen LogP contribution in [0.25, 0.3) is 43.9 Å². The number of anilines is 2. The molecule has 100 heavy (non-hydrogen) atoms. The van der Waals surface area contributed by atoms with Crippen LogP contribution in [0.15, 0.2) is 72.8 Å². The highest BCUT2D eigenvalue weighted by Crippen LogP contribution is 2.44. The molecule has 532 valence electrons. The fourth-order valence-corrected chi connectivity index (χ4v) is 11.8. The summed E-state index contributed by atoms with van der Waals surface area (Å²) in [6, 6.07) is 20.5. The number of phenols is 3. The summed E-state index contributed by atoms with van der Waals surface area (Å²) in [7, 11) is -4.98. The van der Waals surface area contributed by atoms with Gasteiger partial charge in [-0.2, -0.15) is 0 Å². The molecule has 0 aliphatic carbocycles. The number of hydrogen-bond donors (Lipinski definition) is 9. The number of rotatable bonds is 34. The van der Waals surface area contributed by atoms with Crippen LogP contribution in [0, 0.1) is 0 Å². The van der Waals surface area contributed by atoms with Crippen molar-refractivity contribution in [1.29, 1.82) is 0 Å². The van der Waals surface area contributed by atoms with Gasteiger partial charge in [-0.3, -0.25) is 38.6 Å². The van der Waals surface area contributed by atoms with Crippen molar-refractivity contribution in [3.8, 4) is 23.0 Å². The third kappa shape index (κ3) is 19.5. The van der Waals surface area contributed by atoms with Gasteiger partial charge < -0.3 is 70.2 Å². The zero-order valence-electron chi connectivity index (χ0n) is 55.4. The van der Waals surface area contributed by atoms with Gasteiger partial charge in [-0.15, -0.1) is 10.1 Å². The first-order valence-corrected chi connectivity index (χ1v) is 34.5. The van der Waals surface area contributed by atoms with E-state index < -0.39 is 49.1 Å². The molecule has 4 aromatic heterocycles. The van der Waals surface area contributed by atoms with Crippen molar-refractivity contribution in [3.63, 3.8) is 0 Å². The number of nitrogen functional groups attached to an aromatic ring is 2. The number of imidazole rings is 2. The van der Waals surface area contributed by atoms with E-state index in [1.54, 1.807) is 18.2 Å². The molecule has 0 saturated carbocycles. The molecule has 4 aromatic carbocycles. The lowest BCUT2D eigenvalue weighted by molar-refractivity contribution is -0.197. The summed E-state index contributed by atoms with van der Waals surface area (Å²) in [5, 5.41) is 39.1. The van der Waals surface area contributed by atoms with E-state index in [1.807, 2.05) is 45.5 Å². The number of nitrogens with two attached hydrogens (primary N) is 2. The van der Waals surface area contributed by atoms with Crippen molar-refractivity contribution in [2.45, 2.75) is 143 Å². The topological polar surface area (TPSA) is 445 Å². The molecule has 0 unspecified atom stereocenters. The standard InChI is InChI=1S/C34H41N6O11P.C34H40N6O8/c1-2-3-8-26-38-31-32(39(26)20-22-6-4-7-25(41)33(22)51-52(46,47)48)23-19-21(11-12-24(23)37-34(31)35)15-17-49-18-16-36-27(42)9-5-10-30(45)50-40-28(43)13-14-29(40)44;1-2-3-5-27-38-32-33(39(27)20-22-19-23(41)9-11-26(22)42)24-18-21(8-10-25(24)37-34(32)35)14-16-47-17-15-36-28(43)6-4-7-31(46)48-40-29(44)12-13-30(40)45/h4,6-7,11-12,19,41H,2-3,5,8-10,13-18,20H2,1H3,(H2,35,37)(H,36,42)(H2,46,47,48);8-11,18-19,41-42H,2-7,12-17,20H2,1H3,(H2,35,37)(H,36,43). The zero-order chi connectivity index (χ0) is 71.6. The number of nitrogens with zero attached hydrogens (tertiary/aromatic N) is 8. The molecule has 32 heteroatoms. The molecule has 6 heterocycles. The smallest absolute Gasteiger partial charge is 0.508 e. The molecule has 8 aromatic rings. The second-order valence-corrected chi connectivity index (χ2v) is 25.1. The Balaban J connectivity index is 0.000000234. The number of ether oxygens (including phenoxy) is 2. The number of para-hydroxylation sites is 1. The van der Waals surface area contributed by atoms with Gasteiger partial charge in [0.2, 0.25) is 11.8 Å². The lowest BCUT2D eigenvalue weighted by atomic mass is 10.1. The van der Waals surface area contributed by atoms with Crippen molar-refractivity contribution >= 4 is 111 Å². The third-order valence-electron chi connectivity index (χ3n) is 16.4. The molecule has 0 atom stereocenters. The lowest BCUT2D eigenvalue weighted by Gasteiger charge is -2.16. The van der Waals surface area contributed by atoms with Crippen molar-refractivity contribution in [3.05, 3.63) is 107 Å². The molecule has 11 N–H and O–H groups in total. The number of aromatic nitrogens is 6. The van der Waals surface area contributed by atoms with Gasteiger partial charge in [-0.05, 0) is 98.2 Å². The van der Waals surface area contributed by atoms with Crippen LogP contribution in [0.3, 0.4) is 0 Å². The van der Waals surface area contributed by atoms with E-state index >= 15 is 0 Å². The second kappa shape index (κ2) is 34.4. The van der Waals surface area contributed by atoms with Crippen LogP contribution < -0.4 is 26.6 Å². The first kappa shape index (κ1) is 73.9. The quantitative estimate of drug-likeness (QED) is 0.00886. The zero-order valence-corrected chi connectivity index (χ0v) is 56.3. The Morgan fingerprint density at radius 3 is 1.45 bits per heavy atom. The number of imide groups is 2. The number of fused-ring (bicyclic) bond motifs is 6. The normalized spacial score (nSPS) is 13.2. The highest BCUT2D eigenvalue weighted by atomic mass is 31.2. The molecule has 2 saturated heterocycles. The van der Waals surface area contributed by atoms with E-state index in [4.69, 9.17) is 45.1 Å². The molecule has 2 fully saturated rings. The Morgan fingerprint density at radius 1 is 0.540 bits per heavy atom. The van der Waals surface area contributed by atoms with Crippen LogP contribution in [-0.4, -0.2) is 151 Å². The molecular formula is C68H81N12O19P. The first-order chi connectivity index (χ1) is 48.0. The average molecular weight is 1400 g/mol. The number of pyridine rings is 2. The van der Waals surface area contributed by atoms with Crippen LogP contribution in [0.4, 0.5) is 11.6 Å². The number of phenolic OH excluding ortho intramolecular Hbond substituents is 3. The number of benzene rings is 4. The minimum atomic E-state index is -4.98. The van der Waals surface area contributed by atoms with E-state index in [2.05, 4.69) is 34.4 Å². The predicted molar refractivity (Wildman–Crippen MR) is 362 cm³/mol. The van der Waals surface area contributed by atoms with Crippen LogP contribution >= 0.6 is 7.82 Å². The number of amides is 6. The predicted octanol–water partition coefficient (Wildman–Crippen LogP) is 6.61. The number of phosphoric acid groups is 1. The van der Waals surface area contributed by atoms with Crippen molar-refractivity contribution in [2.75, 3.05) is 51.0 Å². The molecule has 2 aliphatic rings. The molecular weight excluding hydrogens is 1320 g/mol. The third-order valence-corrected chi connectivity index (χ3v) is 16.8. The maximum absolute atomic E-state index is 12.2. The number of carbonyl (C=O) groups is 8. The van der Waals surface area contributed by atoms with Gasteiger partial charge in [-0.25, -0.2) is 34.1 Å². The van der Waals surface area contributed by atoms with E-state index in [1.165, 1.54) is 18.2 Å². The number of unbranched alkanes of at least 4 members (excludes halogenated alkanes) is 2. The fraction of sp³-hybridized carbons (Fsp3) is 0.412. The molecule has 0 bridgehead atoms. The summed E-state index contributed by atoms with van der Waals surface area (Å²) in [6.45, 7) is 6.37. The maximum Gasteiger partial charge on any atom is 0.524 e. The minimum Gasteiger partial charge on any atom is -0.508 e. The monoisotopic (exact) mass is 1400 g/mol. The number of aryl methyl sites for hydroxylation is 2. The van der Waals surface area contributed by atoms with E-state index in [0.717, 1.165) is 58.9 Å². The number of hydroxylamine groups is 4. The maximum atomic E-state index is 12.2. The van der Waals surface area contributed by atoms with Crippen LogP contribution in [-0.2, 0) is 101 Å². The first-order valence-electron chi connectivity index (χ1n) is 33.0. The summed E-state index contributed by atoms with van der Waals surface area (Å²) in [5.41, 5.74) is 19.5. The van der Waals surface area contributed by atoms with E-state index in [-0.39, 0.29) is 125 Å². The summed E-state index contributed by atoms with van der Waals surface area (Å²) < 4.78 is 32.1. The molecule has 10 rings (SSSR count). The highest BCUT2D eigenvalue weighted by Gasteiger charge is 2.34. The largest absolute Gasteiger partial charge is 0.524 e. The Hall–Kier alpha value is -10.3. The molecule has 31 nitrogen and oxygen atoms in total. The Bertz CT molecular complexity index is 4390. The molecule has 0 spiro atoms. The highest BCUT2D eigenvalue weighted by molar-refractivity contribution is 7.46. The van der Waals surface area contributed by atoms with Gasteiger partial charge in [0.05, 0.1) is 61.6 Å². The number of nitrogens with one attached hydrogen (secondary N) is 2. The van der Waals surface area contributed by atoms with Gasteiger partial charge in [0.1, 0.15) is 34.2 Å². The number of carbonyl (C=O) groups excluding carboxylic acids is 8. The van der Waals surface area contributed by atoms with Crippen molar-refractivity contribution in [1.82, 2.24) is 49.8 Å². The molecule has 0 radical (unpaired) electrons. The molecule has 6 amide bonds. The van der Waals surface area contributed by atoms with Gasteiger partial charge >= 0.3 is 19.8 Å². The van der Waals surface area contributed by atoms with Gasteiger partial charge in [-0.1, -0.05) is 51.0 Å². The average Bonchev–Trinajstić information content (AvgIpc) is 1.56.